The number of carbonyl (C=O) groups is 3. The van der Waals surface area contributed by atoms with Crippen LogP contribution in [-0.2, 0) is 14.3 Å². The van der Waals surface area contributed by atoms with Crippen LogP contribution in [0.4, 0.5) is 14.9 Å². The number of hydrogen-bond acceptors (Lipinski definition) is 6. The number of alkyl halides is 1. The normalized spacial score (nSPS) is 24.4. The van der Waals surface area contributed by atoms with Crippen molar-refractivity contribution in [3.63, 3.8) is 0 Å². The highest BCUT2D eigenvalue weighted by Gasteiger charge is 2.39. The van der Waals surface area contributed by atoms with Gasteiger partial charge in [0.2, 0.25) is 11.8 Å². The maximum Gasteiger partial charge on any atom is 0.408 e. The third-order valence-corrected chi connectivity index (χ3v) is 7.83. The van der Waals surface area contributed by atoms with E-state index in [1.165, 1.54) is 0 Å². The van der Waals surface area contributed by atoms with Gasteiger partial charge in [-0.1, -0.05) is 12.1 Å². The van der Waals surface area contributed by atoms with Gasteiger partial charge in [0.05, 0.1) is 5.92 Å². The third kappa shape index (κ3) is 7.21. The molecule has 1 aromatic rings. The molecule has 3 fully saturated rings. The standard InChI is InChI=1S/C28H41FN4O4/c1-26(2,3)37-25(36)31-27(4)11-15-32(16-12-27)19-28(29)13-17-33(18-14-28)21-7-5-20(6-8-21)22-9-10-23(34)30-24(22)35/h5-8,22H,9-19H2,1-4H3,(H,31,36)(H,30,34,35). The fourth-order valence-electron chi connectivity index (χ4n) is 5.53. The summed E-state index contributed by atoms with van der Waals surface area (Å²) in [6, 6.07) is 7.88. The van der Waals surface area contributed by atoms with Crippen LogP contribution < -0.4 is 15.5 Å². The SMILES string of the molecule is CC1(NC(=O)OC(C)(C)C)CCN(CC2(F)CCN(c3ccc(C4CCC(=O)NC4=O)cc3)CC2)CC1. The number of halogens is 1. The summed E-state index contributed by atoms with van der Waals surface area (Å²) in [6.07, 6.45) is 2.94. The molecular weight excluding hydrogens is 475 g/mol. The fourth-order valence-corrected chi connectivity index (χ4v) is 5.53. The number of carbonyl (C=O) groups excluding carboxylic acids is 3. The molecule has 3 saturated heterocycles. The Morgan fingerprint density at radius 3 is 2.27 bits per heavy atom. The van der Waals surface area contributed by atoms with Crippen LogP contribution in [0.1, 0.15) is 77.7 Å². The van der Waals surface area contributed by atoms with E-state index >= 15 is 4.39 Å². The molecule has 0 aliphatic carbocycles. The minimum absolute atomic E-state index is 0.211. The summed E-state index contributed by atoms with van der Waals surface area (Å²) in [5, 5.41) is 5.42. The van der Waals surface area contributed by atoms with E-state index in [1.54, 1.807) is 0 Å². The highest BCUT2D eigenvalue weighted by atomic mass is 19.1. The number of piperidine rings is 3. The van der Waals surface area contributed by atoms with Crippen molar-refractivity contribution < 1.29 is 23.5 Å². The molecule has 3 amide bonds. The van der Waals surface area contributed by atoms with Crippen LogP contribution in [0.15, 0.2) is 24.3 Å². The predicted octanol–water partition coefficient (Wildman–Crippen LogP) is 3.89. The van der Waals surface area contributed by atoms with Crippen LogP contribution in [0.25, 0.3) is 0 Å². The van der Waals surface area contributed by atoms with E-state index in [2.05, 4.69) is 20.4 Å². The largest absolute Gasteiger partial charge is 0.444 e. The monoisotopic (exact) mass is 516 g/mol. The van der Waals surface area contributed by atoms with Crippen molar-refractivity contribution in [2.45, 2.75) is 88.9 Å². The number of benzene rings is 1. The zero-order valence-corrected chi connectivity index (χ0v) is 22.6. The van der Waals surface area contributed by atoms with Crippen LogP contribution >= 0.6 is 0 Å². The molecule has 2 N–H and O–H groups in total. The molecule has 8 nitrogen and oxygen atoms in total. The number of likely N-dealkylation sites (tertiary alicyclic amines) is 1. The van der Waals surface area contributed by atoms with Crippen LogP contribution in [0.2, 0.25) is 0 Å². The van der Waals surface area contributed by atoms with Gasteiger partial charge in [-0.3, -0.25) is 19.8 Å². The molecule has 0 spiro atoms. The van der Waals surface area contributed by atoms with E-state index < -0.39 is 17.4 Å². The van der Waals surface area contributed by atoms with Gasteiger partial charge >= 0.3 is 6.09 Å². The molecule has 204 valence electrons. The molecule has 0 radical (unpaired) electrons. The Morgan fingerprint density at radius 1 is 1.08 bits per heavy atom. The molecule has 3 heterocycles. The molecule has 1 aromatic carbocycles. The lowest BCUT2D eigenvalue weighted by Crippen LogP contribution is -2.56. The summed E-state index contributed by atoms with van der Waals surface area (Å²) in [7, 11) is 0. The van der Waals surface area contributed by atoms with Gasteiger partial charge in [-0.05, 0) is 64.7 Å². The number of anilines is 1. The Bertz CT molecular complexity index is 990. The summed E-state index contributed by atoms with van der Waals surface area (Å²) in [5.41, 5.74) is -0.170. The Hall–Kier alpha value is -2.68. The van der Waals surface area contributed by atoms with Crippen LogP contribution in [-0.4, -0.2) is 72.3 Å². The first-order valence-electron chi connectivity index (χ1n) is 13.4. The Labute approximate surface area is 219 Å². The molecule has 0 saturated carbocycles. The molecule has 9 heteroatoms. The molecule has 37 heavy (non-hydrogen) atoms. The van der Waals surface area contributed by atoms with Crippen molar-refractivity contribution in [3.8, 4) is 0 Å². The van der Waals surface area contributed by atoms with Crippen molar-refractivity contribution in [2.24, 2.45) is 0 Å². The van der Waals surface area contributed by atoms with Crippen LogP contribution in [0.3, 0.4) is 0 Å². The highest BCUT2D eigenvalue weighted by Crippen LogP contribution is 2.33. The Kier molecular flexibility index (Phi) is 7.83. The van der Waals surface area contributed by atoms with Gasteiger partial charge < -0.3 is 15.0 Å². The minimum atomic E-state index is -1.23. The second-order valence-electron chi connectivity index (χ2n) is 12.2. The Morgan fingerprint density at radius 2 is 1.70 bits per heavy atom. The van der Waals surface area contributed by atoms with Gasteiger partial charge in [-0.2, -0.15) is 0 Å². The minimum Gasteiger partial charge on any atom is -0.444 e. The maximum absolute atomic E-state index is 15.8. The van der Waals surface area contributed by atoms with Gasteiger partial charge in [-0.25, -0.2) is 9.18 Å². The van der Waals surface area contributed by atoms with Gasteiger partial charge in [0.25, 0.3) is 0 Å². The lowest BCUT2D eigenvalue weighted by molar-refractivity contribution is -0.134. The van der Waals surface area contributed by atoms with E-state index in [0.29, 0.717) is 45.3 Å². The van der Waals surface area contributed by atoms with E-state index in [1.807, 2.05) is 52.0 Å². The molecule has 3 aliphatic heterocycles. The first-order chi connectivity index (χ1) is 17.3. The van der Waals surface area contributed by atoms with Crippen LogP contribution in [0, 0.1) is 0 Å². The average Bonchev–Trinajstić information content (AvgIpc) is 2.80. The van der Waals surface area contributed by atoms with E-state index in [-0.39, 0.29) is 23.3 Å². The van der Waals surface area contributed by atoms with E-state index in [9.17, 15) is 14.4 Å². The number of nitrogens with zero attached hydrogens (tertiary/aromatic N) is 2. The number of alkyl carbamates (subject to hydrolysis) is 1. The maximum atomic E-state index is 15.8. The number of nitrogens with one attached hydrogen (secondary N) is 2. The van der Waals surface area contributed by atoms with Gasteiger partial charge in [-0.15, -0.1) is 0 Å². The van der Waals surface area contributed by atoms with E-state index in [0.717, 1.165) is 37.2 Å². The number of rotatable bonds is 5. The predicted molar refractivity (Wildman–Crippen MR) is 140 cm³/mol. The summed E-state index contributed by atoms with van der Waals surface area (Å²) in [6.45, 7) is 10.7. The van der Waals surface area contributed by atoms with Crippen molar-refractivity contribution in [3.05, 3.63) is 29.8 Å². The quantitative estimate of drug-likeness (QED) is 0.577. The highest BCUT2D eigenvalue weighted by molar-refractivity contribution is 6.00. The number of hydrogen-bond donors (Lipinski definition) is 2. The number of imide groups is 1. The third-order valence-electron chi connectivity index (χ3n) is 7.83. The fraction of sp³-hybridized carbons (Fsp3) is 0.679. The molecule has 0 bridgehead atoms. The van der Waals surface area contributed by atoms with Crippen LogP contribution in [0.5, 0.6) is 0 Å². The second kappa shape index (κ2) is 10.6. The van der Waals surface area contributed by atoms with Crippen molar-refractivity contribution in [1.82, 2.24) is 15.5 Å². The average molecular weight is 517 g/mol. The molecule has 3 aliphatic rings. The van der Waals surface area contributed by atoms with E-state index in [4.69, 9.17) is 4.74 Å². The van der Waals surface area contributed by atoms with Gasteiger partial charge in [0, 0.05) is 63.2 Å². The summed E-state index contributed by atoms with van der Waals surface area (Å²) in [5.74, 6) is -0.739. The number of ether oxygens (including phenoxy) is 1. The topological polar surface area (TPSA) is 91.0 Å². The molecule has 1 atom stereocenters. The van der Waals surface area contributed by atoms with Crippen molar-refractivity contribution in [2.75, 3.05) is 37.6 Å². The zero-order chi connectivity index (χ0) is 26.8. The summed E-state index contributed by atoms with van der Waals surface area (Å²) >= 11 is 0. The first kappa shape index (κ1) is 27.4. The van der Waals surface area contributed by atoms with Crippen molar-refractivity contribution >= 4 is 23.6 Å². The lowest BCUT2D eigenvalue weighted by atomic mass is 9.87. The van der Waals surface area contributed by atoms with Gasteiger partial charge in [0.15, 0.2) is 0 Å². The number of amides is 3. The Balaban J connectivity index is 1.24. The smallest absolute Gasteiger partial charge is 0.408 e. The second-order valence-corrected chi connectivity index (χ2v) is 12.2. The molecule has 4 rings (SSSR count). The first-order valence-corrected chi connectivity index (χ1v) is 13.4. The summed E-state index contributed by atoms with van der Waals surface area (Å²) < 4.78 is 21.2. The molecule has 1 unspecified atom stereocenters. The van der Waals surface area contributed by atoms with Crippen molar-refractivity contribution in [1.29, 1.82) is 0 Å². The zero-order valence-electron chi connectivity index (χ0n) is 22.6. The lowest BCUT2D eigenvalue weighted by Gasteiger charge is -2.44. The molecule has 0 aromatic heterocycles. The summed E-state index contributed by atoms with van der Waals surface area (Å²) in [4.78, 5) is 40.1. The molecular formula is C28H41FN4O4. The van der Waals surface area contributed by atoms with Gasteiger partial charge in [0.1, 0.15) is 11.3 Å².